The lowest BCUT2D eigenvalue weighted by molar-refractivity contribution is 0.175. The molecule has 2 heteroatoms. The molecule has 0 amide bonds. The average molecular weight is 367 g/mol. The summed E-state index contributed by atoms with van der Waals surface area (Å²) in [6.07, 6.45) is 5.49. The van der Waals surface area contributed by atoms with E-state index in [2.05, 4.69) is 66.8 Å². The minimum atomic E-state index is -0.113. The summed E-state index contributed by atoms with van der Waals surface area (Å²) in [6, 6.07) is 11.3. The quantitative estimate of drug-likeness (QED) is 0.675. The summed E-state index contributed by atoms with van der Waals surface area (Å²) < 4.78 is 1.26. The van der Waals surface area contributed by atoms with Crippen LogP contribution in [-0.2, 0) is 6.42 Å². The van der Waals surface area contributed by atoms with Gasteiger partial charge in [0.15, 0.2) is 0 Å². The Morgan fingerprint density at radius 2 is 1.84 bits per heavy atom. The van der Waals surface area contributed by atoms with Crippen molar-refractivity contribution in [3.63, 3.8) is 0 Å². The Labute approximate surface area is 130 Å². The molecule has 1 aromatic rings. The number of benzene rings is 1. The van der Waals surface area contributed by atoms with Crippen LogP contribution in [0.25, 0.3) is 0 Å². The van der Waals surface area contributed by atoms with Gasteiger partial charge >= 0.3 is 0 Å². The normalized spacial score (nSPS) is 27.2. The molecule has 0 N–H and O–H groups in total. The van der Waals surface area contributed by atoms with Crippen LogP contribution in [0, 0.1) is 32.2 Å². The molecule has 0 aromatic heterocycles. The Morgan fingerprint density at radius 3 is 2.32 bits per heavy atom. The number of nitriles is 1. The zero-order valence-corrected chi connectivity index (χ0v) is 14.0. The van der Waals surface area contributed by atoms with Gasteiger partial charge in [-0.3, -0.25) is 0 Å². The van der Waals surface area contributed by atoms with Crippen LogP contribution < -0.4 is 0 Å². The van der Waals surface area contributed by atoms with Gasteiger partial charge in [0, 0.05) is 3.57 Å². The molecule has 0 bridgehead atoms. The first kappa shape index (κ1) is 14.8. The van der Waals surface area contributed by atoms with Gasteiger partial charge in [-0.1, -0.05) is 26.0 Å². The first-order valence-electron chi connectivity index (χ1n) is 7.20. The summed E-state index contributed by atoms with van der Waals surface area (Å²) in [4.78, 5) is 0. The molecule has 1 nitrogen and oxygen atoms in total. The van der Waals surface area contributed by atoms with Crippen LogP contribution >= 0.6 is 22.6 Å². The summed E-state index contributed by atoms with van der Waals surface area (Å²) in [7, 11) is 0. The molecular formula is C17H22IN. The van der Waals surface area contributed by atoms with E-state index in [1.54, 1.807) is 0 Å². The fourth-order valence-electron chi connectivity index (χ4n) is 3.18. The van der Waals surface area contributed by atoms with Gasteiger partial charge in [-0.05, 0) is 84.2 Å². The maximum Gasteiger partial charge on any atom is 0.0693 e. The fraction of sp³-hybridized carbons (Fsp3) is 0.588. The molecule has 0 aliphatic heterocycles. The molecule has 2 rings (SSSR count). The van der Waals surface area contributed by atoms with Crippen LogP contribution in [0.3, 0.4) is 0 Å². The predicted molar refractivity (Wildman–Crippen MR) is 87.7 cm³/mol. The summed E-state index contributed by atoms with van der Waals surface area (Å²) >= 11 is 2.32. The molecule has 1 saturated carbocycles. The van der Waals surface area contributed by atoms with E-state index in [4.69, 9.17) is 0 Å². The molecule has 1 aliphatic carbocycles. The van der Waals surface area contributed by atoms with E-state index in [1.165, 1.54) is 22.0 Å². The van der Waals surface area contributed by atoms with Crippen molar-refractivity contribution in [3.05, 3.63) is 33.4 Å². The SMILES string of the molecule is CC(C)C1CCC(C#N)(Cc2ccc(I)cc2)CC1. The Balaban J connectivity index is 2.05. The predicted octanol–water partition coefficient (Wildman–Crippen LogP) is 5.19. The van der Waals surface area contributed by atoms with Gasteiger partial charge in [-0.25, -0.2) is 0 Å². The van der Waals surface area contributed by atoms with E-state index >= 15 is 0 Å². The van der Waals surface area contributed by atoms with Crippen molar-refractivity contribution < 1.29 is 0 Å². The lowest BCUT2D eigenvalue weighted by Gasteiger charge is -2.36. The van der Waals surface area contributed by atoms with E-state index in [9.17, 15) is 5.26 Å². The van der Waals surface area contributed by atoms with Crippen molar-refractivity contribution in [1.29, 1.82) is 5.26 Å². The van der Waals surface area contributed by atoms with Crippen molar-refractivity contribution in [2.24, 2.45) is 17.3 Å². The highest BCUT2D eigenvalue weighted by atomic mass is 127. The first-order valence-corrected chi connectivity index (χ1v) is 8.28. The first-order chi connectivity index (χ1) is 9.04. The molecule has 0 saturated heterocycles. The second-order valence-electron chi connectivity index (χ2n) is 6.28. The highest BCUT2D eigenvalue weighted by Gasteiger charge is 2.36. The monoisotopic (exact) mass is 367 g/mol. The molecule has 0 spiro atoms. The smallest absolute Gasteiger partial charge is 0.0693 e. The molecule has 0 atom stereocenters. The zero-order chi connectivity index (χ0) is 13.9. The Morgan fingerprint density at radius 1 is 1.26 bits per heavy atom. The average Bonchev–Trinajstić information content (AvgIpc) is 2.42. The third-order valence-corrected chi connectivity index (χ3v) is 5.34. The van der Waals surface area contributed by atoms with Gasteiger partial charge in [0.1, 0.15) is 0 Å². The van der Waals surface area contributed by atoms with E-state index in [1.807, 2.05) is 0 Å². The van der Waals surface area contributed by atoms with Crippen molar-refractivity contribution in [2.75, 3.05) is 0 Å². The molecule has 0 unspecified atom stereocenters. The number of rotatable bonds is 3. The second kappa shape index (κ2) is 6.26. The van der Waals surface area contributed by atoms with Crippen LogP contribution in [0.2, 0.25) is 0 Å². The minimum absolute atomic E-state index is 0.113. The van der Waals surface area contributed by atoms with Crippen molar-refractivity contribution in [3.8, 4) is 6.07 Å². The third-order valence-electron chi connectivity index (χ3n) is 4.62. The second-order valence-corrected chi connectivity index (χ2v) is 7.52. The van der Waals surface area contributed by atoms with Crippen molar-refractivity contribution >= 4 is 22.6 Å². The Hall–Kier alpha value is -0.560. The highest BCUT2D eigenvalue weighted by Crippen LogP contribution is 2.43. The van der Waals surface area contributed by atoms with Crippen molar-refractivity contribution in [2.45, 2.75) is 46.0 Å². The fourth-order valence-corrected chi connectivity index (χ4v) is 3.54. The van der Waals surface area contributed by atoms with Crippen LogP contribution in [-0.4, -0.2) is 0 Å². The topological polar surface area (TPSA) is 23.8 Å². The van der Waals surface area contributed by atoms with E-state index < -0.39 is 0 Å². The van der Waals surface area contributed by atoms with E-state index in [-0.39, 0.29) is 5.41 Å². The maximum absolute atomic E-state index is 9.63. The van der Waals surface area contributed by atoms with Gasteiger partial charge in [0.2, 0.25) is 0 Å². The molecule has 1 aliphatic rings. The van der Waals surface area contributed by atoms with E-state index in [0.29, 0.717) is 0 Å². The minimum Gasteiger partial charge on any atom is -0.198 e. The molecule has 102 valence electrons. The van der Waals surface area contributed by atoms with Crippen LogP contribution in [0.1, 0.15) is 45.1 Å². The molecule has 19 heavy (non-hydrogen) atoms. The van der Waals surface area contributed by atoms with Gasteiger partial charge in [-0.15, -0.1) is 0 Å². The summed E-state index contributed by atoms with van der Waals surface area (Å²) in [5.41, 5.74) is 1.20. The highest BCUT2D eigenvalue weighted by molar-refractivity contribution is 14.1. The van der Waals surface area contributed by atoms with Gasteiger partial charge in [-0.2, -0.15) is 5.26 Å². The van der Waals surface area contributed by atoms with Gasteiger partial charge < -0.3 is 0 Å². The lowest BCUT2D eigenvalue weighted by atomic mass is 9.66. The molecule has 1 aromatic carbocycles. The van der Waals surface area contributed by atoms with Crippen molar-refractivity contribution in [1.82, 2.24) is 0 Å². The van der Waals surface area contributed by atoms with Gasteiger partial charge in [0.05, 0.1) is 11.5 Å². The number of nitrogens with zero attached hydrogens (tertiary/aromatic N) is 1. The lowest BCUT2D eigenvalue weighted by Crippen LogP contribution is -2.30. The van der Waals surface area contributed by atoms with Crippen LogP contribution in [0.4, 0.5) is 0 Å². The standard InChI is InChI=1S/C17H22IN/c1-13(2)15-7-9-17(12-19,10-8-15)11-14-3-5-16(18)6-4-14/h3-6,13,15H,7-11H2,1-2H3. The largest absolute Gasteiger partial charge is 0.198 e. The van der Waals surface area contributed by atoms with Gasteiger partial charge in [0.25, 0.3) is 0 Å². The molecule has 0 heterocycles. The Bertz CT molecular complexity index is 447. The Kier molecular flexibility index (Phi) is 4.89. The number of hydrogen-bond acceptors (Lipinski definition) is 1. The molecular weight excluding hydrogens is 345 g/mol. The summed E-state index contributed by atoms with van der Waals surface area (Å²) in [5, 5.41) is 9.63. The molecule has 0 radical (unpaired) electrons. The summed E-state index contributed by atoms with van der Waals surface area (Å²) in [5.74, 6) is 1.58. The van der Waals surface area contributed by atoms with Crippen LogP contribution in [0.5, 0.6) is 0 Å². The maximum atomic E-state index is 9.63. The molecule has 1 fully saturated rings. The summed E-state index contributed by atoms with van der Waals surface area (Å²) in [6.45, 7) is 4.62. The third kappa shape index (κ3) is 3.72. The van der Waals surface area contributed by atoms with E-state index in [0.717, 1.165) is 31.1 Å². The number of hydrogen-bond donors (Lipinski definition) is 0. The van der Waals surface area contributed by atoms with Crippen LogP contribution in [0.15, 0.2) is 24.3 Å². The number of halogens is 1. The zero-order valence-electron chi connectivity index (χ0n) is 11.8.